The van der Waals surface area contributed by atoms with Crippen molar-refractivity contribution in [3.63, 3.8) is 0 Å². The molecule has 38 heavy (non-hydrogen) atoms. The van der Waals surface area contributed by atoms with E-state index >= 15 is 0 Å². The van der Waals surface area contributed by atoms with Crippen LogP contribution in [-0.4, -0.2) is 64.9 Å². The number of hydrogen-bond acceptors (Lipinski definition) is 6. The number of anilines is 1. The molecule has 1 N–H and O–H groups in total. The fraction of sp³-hybridized carbons (Fsp3) is 0.310. The Morgan fingerprint density at radius 3 is 2.39 bits per heavy atom. The number of piperazine rings is 1. The first-order valence-corrected chi connectivity index (χ1v) is 13.1. The lowest BCUT2D eigenvalue weighted by molar-refractivity contribution is 0.0200. The van der Waals surface area contributed by atoms with Gasteiger partial charge in [-0.1, -0.05) is 49.7 Å². The third kappa shape index (κ3) is 4.64. The van der Waals surface area contributed by atoms with Gasteiger partial charge in [0.25, 0.3) is 0 Å². The summed E-state index contributed by atoms with van der Waals surface area (Å²) in [6.07, 6.45) is 0. The van der Waals surface area contributed by atoms with E-state index in [0.717, 1.165) is 18.7 Å². The van der Waals surface area contributed by atoms with Gasteiger partial charge in [0.05, 0.1) is 16.8 Å². The molecule has 0 saturated carbocycles. The molecule has 4 aromatic rings. The van der Waals surface area contributed by atoms with Crippen LogP contribution in [0.3, 0.4) is 0 Å². The summed E-state index contributed by atoms with van der Waals surface area (Å²) in [5, 5.41) is 15.8. The number of phenolic OH excluding ortho intramolecular Hbond substituents is 1. The first-order valence-electron chi connectivity index (χ1n) is 12.7. The van der Waals surface area contributed by atoms with Crippen LogP contribution in [0.25, 0.3) is 27.7 Å². The lowest BCUT2D eigenvalue weighted by Gasteiger charge is -2.38. The van der Waals surface area contributed by atoms with Crippen molar-refractivity contribution in [1.82, 2.24) is 19.6 Å². The van der Waals surface area contributed by atoms with E-state index in [1.807, 2.05) is 38.4 Å². The molecule has 2 heterocycles. The smallest absolute Gasteiger partial charge is 0.354 e. The third-order valence-corrected chi connectivity index (χ3v) is 7.45. The molecule has 1 aliphatic rings. The molecule has 1 aromatic heterocycles. The highest BCUT2D eigenvalue weighted by molar-refractivity contribution is 6.34. The van der Waals surface area contributed by atoms with Crippen molar-refractivity contribution >= 4 is 28.3 Å². The number of fused-ring (bicyclic) bond motifs is 1. The van der Waals surface area contributed by atoms with Crippen molar-refractivity contribution in [1.29, 1.82) is 0 Å². The largest absolute Gasteiger partial charge is 0.507 e. The molecule has 1 saturated heterocycles. The Morgan fingerprint density at radius 2 is 1.74 bits per heavy atom. The summed E-state index contributed by atoms with van der Waals surface area (Å²) in [6.45, 7) is 7.06. The molecule has 0 atom stereocenters. The van der Waals surface area contributed by atoms with Gasteiger partial charge in [0, 0.05) is 56.2 Å². The summed E-state index contributed by atoms with van der Waals surface area (Å²) in [6, 6.07) is 15.3. The van der Waals surface area contributed by atoms with Gasteiger partial charge >= 0.3 is 5.69 Å². The molecule has 5 rings (SSSR count). The minimum atomic E-state index is -0.600. The van der Waals surface area contributed by atoms with Crippen LogP contribution in [0.15, 0.2) is 59.4 Å². The highest BCUT2D eigenvalue weighted by Crippen LogP contribution is 2.40. The normalized spacial score (nSPS) is 14.7. The van der Waals surface area contributed by atoms with Crippen LogP contribution >= 0.6 is 11.6 Å². The van der Waals surface area contributed by atoms with Gasteiger partial charge in [-0.2, -0.15) is 4.98 Å². The first kappa shape index (κ1) is 26.2. The van der Waals surface area contributed by atoms with E-state index in [2.05, 4.69) is 33.7 Å². The maximum atomic E-state index is 14.9. The molecule has 0 spiro atoms. The van der Waals surface area contributed by atoms with Gasteiger partial charge in [-0.25, -0.2) is 19.2 Å². The maximum absolute atomic E-state index is 14.9. The summed E-state index contributed by atoms with van der Waals surface area (Å²) in [5.74, 6) is -0.129. The Kier molecular flexibility index (Phi) is 7.13. The molecule has 1 aliphatic heterocycles. The summed E-state index contributed by atoms with van der Waals surface area (Å²) >= 11 is 6.75. The van der Waals surface area contributed by atoms with Gasteiger partial charge in [0.2, 0.25) is 0 Å². The van der Waals surface area contributed by atoms with Crippen LogP contribution in [0.4, 0.5) is 10.2 Å². The number of benzene rings is 3. The Hall–Kier alpha value is -3.46. The van der Waals surface area contributed by atoms with Gasteiger partial charge in [-0.05, 0) is 41.8 Å². The zero-order chi connectivity index (χ0) is 27.1. The number of aromatic hydroxyl groups is 1. The van der Waals surface area contributed by atoms with Crippen LogP contribution in [0, 0.1) is 5.82 Å². The van der Waals surface area contributed by atoms with Crippen LogP contribution in [0.2, 0.25) is 5.02 Å². The molecule has 0 aliphatic carbocycles. The second-order valence-electron chi connectivity index (χ2n) is 10.0. The highest BCUT2D eigenvalue weighted by Gasteiger charge is 2.25. The number of hydrogen-bond donors (Lipinski definition) is 1. The minimum Gasteiger partial charge on any atom is -0.507 e. The van der Waals surface area contributed by atoms with E-state index in [0.29, 0.717) is 41.1 Å². The van der Waals surface area contributed by atoms with E-state index < -0.39 is 11.5 Å². The standard InChI is InChI=1S/C29H31ClFN5O2/c1-18(2)19-8-5-6-10-24(19)36-25-17-20(27-23(31)9-7-11-26(27)37)22(30)16-21(25)28(32-29(36)38)34-12-14-35(15-13-34)33(3)4/h5-11,16-18,37H,12-15H2,1-4H3. The number of hydrazine groups is 1. The van der Waals surface area contributed by atoms with Crippen molar-refractivity contribution in [3.05, 3.63) is 81.5 Å². The predicted octanol–water partition coefficient (Wildman–Crippen LogP) is 5.27. The fourth-order valence-corrected chi connectivity index (χ4v) is 5.42. The van der Waals surface area contributed by atoms with E-state index in [4.69, 9.17) is 11.6 Å². The lowest BCUT2D eigenvalue weighted by Crippen LogP contribution is -2.51. The molecule has 0 unspecified atom stereocenters. The Labute approximate surface area is 226 Å². The van der Waals surface area contributed by atoms with E-state index in [1.54, 1.807) is 16.7 Å². The van der Waals surface area contributed by atoms with Crippen molar-refractivity contribution < 1.29 is 9.50 Å². The van der Waals surface area contributed by atoms with Gasteiger partial charge < -0.3 is 10.0 Å². The summed E-state index contributed by atoms with van der Waals surface area (Å²) in [7, 11) is 4.02. The molecule has 0 amide bonds. The summed E-state index contributed by atoms with van der Waals surface area (Å²) < 4.78 is 16.5. The number of para-hydroxylation sites is 1. The number of halogens is 2. The van der Waals surface area contributed by atoms with E-state index in [9.17, 15) is 14.3 Å². The molecule has 3 aromatic carbocycles. The zero-order valence-electron chi connectivity index (χ0n) is 21.9. The number of nitrogens with zero attached hydrogens (tertiary/aromatic N) is 5. The fourth-order valence-electron chi connectivity index (χ4n) is 5.16. The van der Waals surface area contributed by atoms with Gasteiger partial charge in [0.1, 0.15) is 17.4 Å². The molecule has 0 radical (unpaired) electrons. The van der Waals surface area contributed by atoms with Crippen molar-refractivity contribution in [3.8, 4) is 22.6 Å². The van der Waals surface area contributed by atoms with Gasteiger partial charge in [-0.15, -0.1) is 0 Å². The minimum absolute atomic E-state index is 0.00602. The van der Waals surface area contributed by atoms with Crippen LogP contribution in [0.5, 0.6) is 5.75 Å². The second-order valence-corrected chi connectivity index (χ2v) is 10.4. The average molecular weight is 536 g/mol. The first-order chi connectivity index (χ1) is 18.2. The van der Waals surface area contributed by atoms with Crippen molar-refractivity contribution in [2.24, 2.45) is 0 Å². The lowest BCUT2D eigenvalue weighted by atomic mass is 9.99. The Balaban J connectivity index is 1.80. The molecular formula is C29H31ClFN5O2. The van der Waals surface area contributed by atoms with Gasteiger partial charge in [0.15, 0.2) is 0 Å². The second kappa shape index (κ2) is 10.4. The molecule has 7 nitrogen and oxygen atoms in total. The maximum Gasteiger partial charge on any atom is 0.354 e. The monoisotopic (exact) mass is 535 g/mol. The molecule has 0 bridgehead atoms. The van der Waals surface area contributed by atoms with E-state index in [-0.39, 0.29) is 22.3 Å². The van der Waals surface area contributed by atoms with Gasteiger partial charge in [-0.3, -0.25) is 4.57 Å². The molecule has 198 valence electrons. The highest BCUT2D eigenvalue weighted by atomic mass is 35.5. The van der Waals surface area contributed by atoms with Crippen LogP contribution in [-0.2, 0) is 0 Å². The number of rotatable bonds is 5. The topological polar surface area (TPSA) is 64.8 Å². The quantitative estimate of drug-likeness (QED) is 0.375. The molecule has 9 heteroatoms. The Bertz CT molecular complexity index is 1540. The third-order valence-electron chi connectivity index (χ3n) is 7.14. The van der Waals surface area contributed by atoms with Crippen LogP contribution < -0.4 is 10.6 Å². The molecule has 1 fully saturated rings. The molecular weight excluding hydrogens is 505 g/mol. The summed E-state index contributed by atoms with van der Waals surface area (Å²) in [4.78, 5) is 20.4. The van der Waals surface area contributed by atoms with Crippen LogP contribution in [0.1, 0.15) is 25.3 Å². The number of aromatic nitrogens is 2. The predicted molar refractivity (Wildman–Crippen MR) is 151 cm³/mol. The average Bonchev–Trinajstić information content (AvgIpc) is 2.89. The van der Waals surface area contributed by atoms with Crippen molar-refractivity contribution in [2.75, 3.05) is 45.2 Å². The summed E-state index contributed by atoms with van der Waals surface area (Å²) in [5.41, 5.74) is 2.11. The van der Waals surface area contributed by atoms with Crippen molar-refractivity contribution in [2.45, 2.75) is 19.8 Å². The zero-order valence-corrected chi connectivity index (χ0v) is 22.7. The SMILES string of the molecule is CC(C)c1ccccc1-n1c(=O)nc(N2CCN(N(C)C)CC2)c2cc(Cl)c(-c3c(O)cccc3F)cc21. The Morgan fingerprint density at radius 1 is 1.03 bits per heavy atom. The van der Waals surface area contributed by atoms with E-state index in [1.165, 1.54) is 18.2 Å². The number of phenols is 1.